The maximum atomic E-state index is 5.57. The van der Waals surface area contributed by atoms with Gasteiger partial charge in [-0.3, -0.25) is 4.90 Å². The Morgan fingerprint density at radius 1 is 1.04 bits per heavy atom. The molecule has 5 nitrogen and oxygen atoms in total. The molecule has 4 rings (SSSR count). The van der Waals surface area contributed by atoms with Crippen LogP contribution in [0.4, 0.5) is 0 Å². The monoisotopic (exact) mass is 332 g/mol. The summed E-state index contributed by atoms with van der Waals surface area (Å²) >= 11 is 0. The van der Waals surface area contributed by atoms with Gasteiger partial charge in [0.05, 0.1) is 6.04 Å². The molecule has 0 spiro atoms. The molecule has 1 aliphatic carbocycles. The van der Waals surface area contributed by atoms with Crippen molar-refractivity contribution in [3.63, 3.8) is 0 Å². The first-order chi connectivity index (χ1) is 11.8. The minimum atomic E-state index is 0.261. The second-order valence-electron chi connectivity index (χ2n) is 8.16. The molecule has 0 aromatic carbocycles. The van der Waals surface area contributed by atoms with Crippen LogP contribution in [0.1, 0.15) is 82.0 Å². The van der Waals surface area contributed by atoms with Crippen LogP contribution in [0.3, 0.4) is 0 Å². The van der Waals surface area contributed by atoms with Crippen molar-refractivity contribution in [2.24, 2.45) is 5.92 Å². The Bertz CT molecular complexity index is 519. The lowest BCUT2D eigenvalue weighted by Gasteiger charge is -2.37. The SMILES string of the molecule is CC(c1nc(C2CC2)no1)N1CCCC(CN2CCCCCC2)C1. The highest BCUT2D eigenvalue weighted by atomic mass is 16.5. The van der Waals surface area contributed by atoms with E-state index < -0.39 is 0 Å². The summed E-state index contributed by atoms with van der Waals surface area (Å²) in [5.41, 5.74) is 0. The van der Waals surface area contributed by atoms with E-state index >= 15 is 0 Å². The van der Waals surface area contributed by atoms with E-state index in [9.17, 15) is 0 Å². The van der Waals surface area contributed by atoms with Gasteiger partial charge >= 0.3 is 0 Å². The first-order valence-electron chi connectivity index (χ1n) is 10.1. The molecule has 1 saturated carbocycles. The van der Waals surface area contributed by atoms with Gasteiger partial charge in [-0.15, -0.1) is 0 Å². The van der Waals surface area contributed by atoms with Crippen molar-refractivity contribution >= 4 is 0 Å². The molecule has 3 heterocycles. The normalized spacial score (nSPS) is 28.6. The largest absolute Gasteiger partial charge is 0.338 e. The number of hydrogen-bond acceptors (Lipinski definition) is 5. The zero-order chi connectivity index (χ0) is 16.4. The van der Waals surface area contributed by atoms with Crippen molar-refractivity contribution in [2.45, 2.75) is 70.3 Å². The smallest absolute Gasteiger partial charge is 0.243 e. The van der Waals surface area contributed by atoms with Crippen LogP contribution in [-0.4, -0.2) is 52.7 Å². The highest BCUT2D eigenvalue weighted by Gasteiger charge is 2.32. The molecule has 1 aromatic heterocycles. The van der Waals surface area contributed by atoms with Crippen LogP contribution in [0.25, 0.3) is 0 Å². The van der Waals surface area contributed by atoms with E-state index in [-0.39, 0.29) is 6.04 Å². The second kappa shape index (κ2) is 7.52. The zero-order valence-corrected chi connectivity index (χ0v) is 15.1. The minimum Gasteiger partial charge on any atom is -0.338 e. The van der Waals surface area contributed by atoms with Crippen LogP contribution in [0.2, 0.25) is 0 Å². The summed E-state index contributed by atoms with van der Waals surface area (Å²) in [6, 6.07) is 0.261. The Balaban J connectivity index is 1.33. The van der Waals surface area contributed by atoms with E-state index in [1.165, 1.54) is 84.1 Å². The van der Waals surface area contributed by atoms with Crippen LogP contribution in [0.5, 0.6) is 0 Å². The third-order valence-electron chi connectivity index (χ3n) is 6.07. The minimum absolute atomic E-state index is 0.261. The molecular formula is C19H32N4O. The third-order valence-corrected chi connectivity index (χ3v) is 6.07. The van der Waals surface area contributed by atoms with Gasteiger partial charge in [0.2, 0.25) is 5.89 Å². The number of aromatic nitrogens is 2. The van der Waals surface area contributed by atoms with Crippen LogP contribution < -0.4 is 0 Å². The highest BCUT2D eigenvalue weighted by molar-refractivity contribution is 5.05. The van der Waals surface area contributed by atoms with Gasteiger partial charge in [0.1, 0.15) is 0 Å². The van der Waals surface area contributed by atoms with E-state index in [1.54, 1.807) is 0 Å². The Hall–Kier alpha value is -0.940. The van der Waals surface area contributed by atoms with E-state index in [0.29, 0.717) is 5.92 Å². The molecule has 1 aromatic rings. The number of likely N-dealkylation sites (tertiary alicyclic amines) is 2. The van der Waals surface area contributed by atoms with Crippen molar-refractivity contribution < 1.29 is 4.52 Å². The zero-order valence-electron chi connectivity index (χ0n) is 15.1. The molecule has 24 heavy (non-hydrogen) atoms. The fraction of sp³-hybridized carbons (Fsp3) is 0.895. The van der Waals surface area contributed by atoms with Crippen molar-refractivity contribution in [2.75, 3.05) is 32.7 Å². The molecule has 0 bridgehead atoms. The standard InChI is InChI=1S/C19H32N4O/c1-15(19-20-18(21-24-19)17-8-9-17)23-12-6-7-16(14-23)13-22-10-4-2-3-5-11-22/h15-17H,2-14H2,1H3. The summed E-state index contributed by atoms with van der Waals surface area (Å²) in [5, 5.41) is 4.20. The number of hydrogen-bond donors (Lipinski definition) is 0. The quantitative estimate of drug-likeness (QED) is 0.824. The molecule has 5 heteroatoms. The fourth-order valence-electron chi connectivity index (χ4n) is 4.36. The summed E-state index contributed by atoms with van der Waals surface area (Å²) in [6.45, 7) is 8.47. The van der Waals surface area contributed by atoms with Crippen molar-refractivity contribution in [3.05, 3.63) is 11.7 Å². The van der Waals surface area contributed by atoms with Crippen molar-refractivity contribution in [1.29, 1.82) is 0 Å². The fourth-order valence-corrected chi connectivity index (χ4v) is 4.36. The predicted molar refractivity (Wildman–Crippen MR) is 93.9 cm³/mol. The number of nitrogens with zero attached hydrogens (tertiary/aromatic N) is 4. The molecule has 2 saturated heterocycles. The van der Waals surface area contributed by atoms with Gasteiger partial charge in [-0.1, -0.05) is 18.0 Å². The van der Waals surface area contributed by atoms with Gasteiger partial charge < -0.3 is 9.42 Å². The van der Waals surface area contributed by atoms with Crippen LogP contribution in [-0.2, 0) is 0 Å². The summed E-state index contributed by atoms with van der Waals surface area (Å²) in [6.07, 6.45) is 10.8. The molecular weight excluding hydrogens is 300 g/mol. The number of rotatable bonds is 5. The van der Waals surface area contributed by atoms with E-state index in [2.05, 4.69) is 26.9 Å². The highest BCUT2D eigenvalue weighted by Crippen LogP contribution is 2.39. The molecule has 134 valence electrons. The van der Waals surface area contributed by atoms with Gasteiger partial charge in [-0.2, -0.15) is 4.98 Å². The van der Waals surface area contributed by atoms with Crippen LogP contribution in [0.15, 0.2) is 4.52 Å². The molecule has 2 atom stereocenters. The van der Waals surface area contributed by atoms with Crippen LogP contribution in [0, 0.1) is 5.92 Å². The van der Waals surface area contributed by atoms with E-state index in [1.807, 2.05) is 0 Å². The van der Waals surface area contributed by atoms with E-state index in [0.717, 1.165) is 17.6 Å². The Labute approximate surface area is 145 Å². The average molecular weight is 332 g/mol. The summed E-state index contributed by atoms with van der Waals surface area (Å²) in [5.74, 6) is 3.14. The molecule has 0 radical (unpaired) electrons. The van der Waals surface area contributed by atoms with Gasteiger partial charge in [0.15, 0.2) is 5.82 Å². The lowest BCUT2D eigenvalue weighted by Crippen LogP contribution is -2.42. The van der Waals surface area contributed by atoms with Gasteiger partial charge in [-0.05, 0) is 71.0 Å². The molecule has 0 N–H and O–H groups in total. The maximum Gasteiger partial charge on any atom is 0.243 e. The first kappa shape index (κ1) is 16.5. The molecule has 3 aliphatic rings. The molecule has 3 fully saturated rings. The van der Waals surface area contributed by atoms with Crippen molar-refractivity contribution in [3.8, 4) is 0 Å². The molecule has 2 aliphatic heterocycles. The lowest BCUT2D eigenvalue weighted by atomic mass is 9.96. The Morgan fingerprint density at radius 3 is 2.58 bits per heavy atom. The molecule has 0 amide bonds. The topological polar surface area (TPSA) is 45.4 Å². The van der Waals surface area contributed by atoms with Crippen molar-refractivity contribution in [1.82, 2.24) is 19.9 Å². The lowest BCUT2D eigenvalue weighted by molar-refractivity contribution is 0.0906. The van der Waals surface area contributed by atoms with Crippen LogP contribution >= 0.6 is 0 Å². The summed E-state index contributed by atoms with van der Waals surface area (Å²) in [4.78, 5) is 9.95. The maximum absolute atomic E-state index is 5.57. The second-order valence-corrected chi connectivity index (χ2v) is 8.16. The molecule has 2 unspecified atom stereocenters. The Kier molecular flexibility index (Phi) is 5.18. The first-order valence-corrected chi connectivity index (χ1v) is 10.1. The average Bonchev–Trinajstić information content (AvgIpc) is 3.39. The summed E-state index contributed by atoms with van der Waals surface area (Å²) in [7, 11) is 0. The summed E-state index contributed by atoms with van der Waals surface area (Å²) < 4.78 is 5.57. The third kappa shape index (κ3) is 3.99. The van der Waals surface area contributed by atoms with Gasteiger partial charge in [0, 0.05) is 19.0 Å². The Morgan fingerprint density at radius 2 is 1.83 bits per heavy atom. The number of piperidine rings is 1. The van der Waals surface area contributed by atoms with E-state index in [4.69, 9.17) is 4.52 Å². The van der Waals surface area contributed by atoms with Gasteiger partial charge in [0.25, 0.3) is 0 Å². The predicted octanol–water partition coefficient (Wildman–Crippen LogP) is 3.60. The van der Waals surface area contributed by atoms with Gasteiger partial charge in [-0.25, -0.2) is 0 Å².